The molecule has 420 valence electrons. The van der Waals surface area contributed by atoms with Crippen molar-refractivity contribution in [1.82, 2.24) is 0 Å². The van der Waals surface area contributed by atoms with Gasteiger partial charge < -0.3 is 14.2 Å². The zero-order valence-electron chi connectivity index (χ0n) is 48.1. The van der Waals surface area contributed by atoms with Crippen molar-refractivity contribution in [3.63, 3.8) is 0 Å². The van der Waals surface area contributed by atoms with Crippen LogP contribution < -0.4 is 0 Å². The Morgan fingerprint density at radius 2 is 0.521 bits per heavy atom. The number of allylic oxidation sites excluding steroid dienone is 14. The number of esters is 3. The SMILES string of the molecule is CCCCC/C=C\C/C=C\C/C=C\C/C=C\C/C=C\CCC(=O)OC[C@H](COC(=O)CCCCCCCCC/C=C\CCCCCCCC)OC(=O)CCCCCCCCCCC/C=C\CCCCCCCC. The lowest BCUT2D eigenvalue weighted by molar-refractivity contribution is -0.166. The predicted octanol–water partition coefficient (Wildman–Crippen LogP) is 21.1. The Hall–Kier alpha value is -3.41. The van der Waals surface area contributed by atoms with Gasteiger partial charge in [0, 0.05) is 19.3 Å². The first kappa shape index (κ1) is 69.6. The molecule has 0 saturated carbocycles. The topological polar surface area (TPSA) is 78.9 Å². The van der Waals surface area contributed by atoms with Crippen molar-refractivity contribution in [3.8, 4) is 0 Å². The molecule has 0 bridgehead atoms. The van der Waals surface area contributed by atoms with Gasteiger partial charge in [-0.2, -0.15) is 0 Å². The fraction of sp³-hybridized carbons (Fsp3) is 0.746. The van der Waals surface area contributed by atoms with Crippen molar-refractivity contribution in [1.29, 1.82) is 0 Å². The van der Waals surface area contributed by atoms with Gasteiger partial charge in [0.25, 0.3) is 0 Å². The van der Waals surface area contributed by atoms with Gasteiger partial charge in [0.05, 0.1) is 0 Å². The minimum Gasteiger partial charge on any atom is -0.462 e. The van der Waals surface area contributed by atoms with Crippen LogP contribution in [-0.4, -0.2) is 37.2 Å². The van der Waals surface area contributed by atoms with Crippen LogP contribution in [0.3, 0.4) is 0 Å². The third-order valence-corrected chi connectivity index (χ3v) is 13.4. The average Bonchev–Trinajstić information content (AvgIpc) is 3.39. The summed E-state index contributed by atoms with van der Waals surface area (Å²) in [5.41, 5.74) is 0. The van der Waals surface area contributed by atoms with E-state index in [0.717, 1.165) is 64.2 Å². The van der Waals surface area contributed by atoms with Crippen LogP contribution in [0.2, 0.25) is 0 Å². The minimum absolute atomic E-state index is 0.101. The maximum atomic E-state index is 12.9. The van der Waals surface area contributed by atoms with Crippen molar-refractivity contribution < 1.29 is 28.6 Å². The Balaban J connectivity index is 4.48. The van der Waals surface area contributed by atoms with Crippen molar-refractivity contribution in [2.75, 3.05) is 13.2 Å². The van der Waals surface area contributed by atoms with Crippen molar-refractivity contribution in [2.24, 2.45) is 0 Å². The summed E-state index contributed by atoms with van der Waals surface area (Å²) in [6.45, 7) is 6.56. The smallest absolute Gasteiger partial charge is 0.306 e. The summed E-state index contributed by atoms with van der Waals surface area (Å²) < 4.78 is 16.8. The molecule has 0 spiro atoms. The molecule has 0 unspecified atom stereocenters. The first-order valence-electron chi connectivity index (χ1n) is 31.1. The molecule has 0 aliphatic carbocycles. The van der Waals surface area contributed by atoms with E-state index in [9.17, 15) is 14.4 Å². The quantitative estimate of drug-likeness (QED) is 0.0261. The molecule has 0 fully saturated rings. The van der Waals surface area contributed by atoms with E-state index >= 15 is 0 Å². The van der Waals surface area contributed by atoms with E-state index < -0.39 is 6.10 Å². The van der Waals surface area contributed by atoms with Gasteiger partial charge in [-0.05, 0) is 109 Å². The van der Waals surface area contributed by atoms with Crippen LogP contribution in [0.4, 0.5) is 0 Å². The Morgan fingerprint density at radius 3 is 0.890 bits per heavy atom. The van der Waals surface area contributed by atoms with Crippen LogP contribution >= 0.6 is 0 Å². The summed E-state index contributed by atoms with van der Waals surface area (Å²) in [5.74, 6) is -0.984. The molecule has 0 N–H and O–H groups in total. The Labute approximate surface area is 452 Å². The van der Waals surface area contributed by atoms with Gasteiger partial charge in [-0.1, -0.05) is 260 Å². The van der Waals surface area contributed by atoms with Crippen LogP contribution in [0.5, 0.6) is 0 Å². The highest BCUT2D eigenvalue weighted by molar-refractivity contribution is 5.71. The normalized spacial score (nSPS) is 12.6. The van der Waals surface area contributed by atoms with Gasteiger partial charge in [-0.25, -0.2) is 0 Å². The molecule has 0 aromatic heterocycles. The van der Waals surface area contributed by atoms with Gasteiger partial charge in [0.2, 0.25) is 0 Å². The summed E-state index contributed by atoms with van der Waals surface area (Å²) in [5, 5.41) is 0. The van der Waals surface area contributed by atoms with E-state index in [1.165, 1.54) is 193 Å². The number of hydrogen-bond donors (Lipinski definition) is 0. The molecular weight excluding hydrogens is 901 g/mol. The number of unbranched alkanes of at least 4 members (excludes halogenated alkanes) is 31. The molecule has 1 atom stereocenters. The lowest BCUT2D eigenvalue weighted by Crippen LogP contribution is -2.30. The summed E-state index contributed by atoms with van der Waals surface area (Å²) in [4.78, 5) is 38.2. The second-order valence-corrected chi connectivity index (χ2v) is 20.6. The molecule has 0 aliphatic heterocycles. The molecule has 0 amide bonds. The van der Waals surface area contributed by atoms with Crippen LogP contribution in [-0.2, 0) is 28.6 Å². The Morgan fingerprint density at radius 1 is 0.274 bits per heavy atom. The van der Waals surface area contributed by atoms with Crippen LogP contribution in [0.15, 0.2) is 85.1 Å². The molecule has 6 nitrogen and oxygen atoms in total. The molecular formula is C67H116O6. The number of rotatable bonds is 56. The average molecular weight is 1020 g/mol. The third kappa shape index (κ3) is 59.3. The maximum absolute atomic E-state index is 12.9. The number of carbonyl (C=O) groups excluding carboxylic acids is 3. The molecule has 0 aromatic rings. The van der Waals surface area contributed by atoms with Crippen molar-refractivity contribution >= 4 is 17.9 Å². The summed E-state index contributed by atoms with van der Waals surface area (Å²) in [6, 6.07) is 0. The molecule has 6 heteroatoms. The fourth-order valence-electron chi connectivity index (χ4n) is 8.65. The van der Waals surface area contributed by atoms with Gasteiger partial charge in [0.1, 0.15) is 13.2 Å². The van der Waals surface area contributed by atoms with Crippen LogP contribution in [0.1, 0.15) is 303 Å². The van der Waals surface area contributed by atoms with E-state index in [2.05, 4.69) is 99.8 Å². The van der Waals surface area contributed by atoms with Gasteiger partial charge in [-0.15, -0.1) is 0 Å². The zero-order valence-corrected chi connectivity index (χ0v) is 48.1. The second kappa shape index (κ2) is 61.1. The summed E-state index contributed by atoms with van der Waals surface area (Å²) in [6.07, 6.45) is 80.2. The molecule has 0 heterocycles. The number of ether oxygens (including phenoxy) is 3. The molecule has 0 rings (SSSR count). The standard InChI is InChI=1S/C67H116O6/c1-4-7-10-13-16-19-22-25-28-31-33-36-39-42-45-48-51-54-57-60-66(69)72-63-64(62-71-65(68)59-56-53-50-47-44-41-38-35-30-27-24-21-18-15-12-9-6-3)73-67(70)61-58-55-52-49-46-43-40-37-34-32-29-26-23-20-17-14-11-8-5-2/h16,19,25-30,33,36,42,45,51,54,64H,4-15,17-18,20-24,31-32,34-35,37-41,43-44,46-50,52-53,55-63H2,1-3H3/b19-16-,28-25-,29-26-,30-27-,36-33-,45-42-,54-51-/t64-/m0/s1. The molecule has 73 heavy (non-hydrogen) atoms. The lowest BCUT2D eigenvalue weighted by atomic mass is 10.1. The summed E-state index contributed by atoms with van der Waals surface area (Å²) in [7, 11) is 0. The number of hydrogen-bond acceptors (Lipinski definition) is 6. The van der Waals surface area contributed by atoms with Gasteiger partial charge in [0.15, 0.2) is 6.10 Å². The molecule has 0 saturated heterocycles. The number of carbonyl (C=O) groups is 3. The zero-order chi connectivity index (χ0) is 52.9. The Kier molecular flexibility index (Phi) is 58.3. The van der Waals surface area contributed by atoms with Gasteiger partial charge >= 0.3 is 17.9 Å². The monoisotopic (exact) mass is 1020 g/mol. The first-order chi connectivity index (χ1) is 36.0. The van der Waals surface area contributed by atoms with E-state index in [-0.39, 0.29) is 37.5 Å². The predicted molar refractivity (Wildman–Crippen MR) is 316 cm³/mol. The van der Waals surface area contributed by atoms with E-state index in [1.807, 2.05) is 6.08 Å². The molecule has 0 aliphatic rings. The van der Waals surface area contributed by atoms with E-state index in [1.54, 1.807) is 0 Å². The van der Waals surface area contributed by atoms with E-state index in [4.69, 9.17) is 14.2 Å². The van der Waals surface area contributed by atoms with Gasteiger partial charge in [-0.3, -0.25) is 14.4 Å². The fourth-order valence-corrected chi connectivity index (χ4v) is 8.65. The highest BCUT2D eigenvalue weighted by atomic mass is 16.6. The van der Waals surface area contributed by atoms with Crippen LogP contribution in [0, 0.1) is 0 Å². The van der Waals surface area contributed by atoms with Crippen LogP contribution in [0.25, 0.3) is 0 Å². The van der Waals surface area contributed by atoms with Crippen molar-refractivity contribution in [3.05, 3.63) is 85.1 Å². The van der Waals surface area contributed by atoms with E-state index in [0.29, 0.717) is 19.3 Å². The lowest BCUT2D eigenvalue weighted by Gasteiger charge is -2.18. The Bertz CT molecular complexity index is 1400. The minimum atomic E-state index is -0.811. The second-order valence-electron chi connectivity index (χ2n) is 20.6. The molecule has 0 radical (unpaired) electrons. The first-order valence-corrected chi connectivity index (χ1v) is 31.1. The largest absolute Gasteiger partial charge is 0.462 e. The molecule has 0 aromatic carbocycles. The maximum Gasteiger partial charge on any atom is 0.306 e. The summed E-state index contributed by atoms with van der Waals surface area (Å²) >= 11 is 0. The van der Waals surface area contributed by atoms with Crippen molar-refractivity contribution in [2.45, 2.75) is 309 Å². The highest BCUT2D eigenvalue weighted by Gasteiger charge is 2.19. The third-order valence-electron chi connectivity index (χ3n) is 13.4. The highest BCUT2D eigenvalue weighted by Crippen LogP contribution is 2.15.